The van der Waals surface area contributed by atoms with E-state index in [1.165, 1.54) is 0 Å². The van der Waals surface area contributed by atoms with Gasteiger partial charge in [-0.1, -0.05) is 18.2 Å². The molecule has 0 unspecified atom stereocenters. The van der Waals surface area contributed by atoms with Crippen LogP contribution < -0.4 is 5.73 Å². The second-order valence-electron chi connectivity index (χ2n) is 2.58. The second-order valence-corrected chi connectivity index (χ2v) is 3.88. The largest absolute Gasteiger partial charge is 0.487 e. The number of ether oxygens (including phenoxy) is 1. The topological polar surface area (TPSA) is 58.7 Å². The maximum absolute atomic E-state index is 7.56. The Morgan fingerprint density at radius 2 is 1.81 bits per heavy atom. The van der Waals surface area contributed by atoms with Crippen LogP contribution in [-0.4, -0.2) is 40.1 Å². The van der Waals surface area contributed by atoms with Crippen molar-refractivity contribution < 1.29 is 9.84 Å². The SMILES string of the molecule is C=C(Cl)COC(=S)N(CC)CC.NC(O)=S. The Kier molecular flexibility index (Phi) is 12.1. The van der Waals surface area contributed by atoms with Crippen molar-refractivity contribution in [2.24, 2.45) is 5.73 Å². The Morgan fingerprint density at radius 3 is 2.06 bits per heavy atom. The Hall–Kier alpha value is -0.590. The van der Waals surface area contributed by atoms with Crippen molar-refractivity contribution in [2.75, 3.05) is 19.7 Å². The van der Waals surface area contributed by atoms with Crippen LogP contribution in [0.1, 0.15) is 13.8 Å². The summed E-state index contributed by atoms with van der Waals surface area (Å²) in [6.07, 6.45) is 0. The molecule has 0 saturated carbocycles. The molecule has 0 aromatic carbocycles. The first-order valence-electron chi connectivity index (χ1n) is 4.58. The lowest BCUT2D eigenvalue weighted by atomic mass is 10.6. The molecule has 4 nitrogen and oxygen atoms in total. The van der Waals surface area contributed by atoms with E-state index in [9.17, 15) is 0 Å². The molecule has 0 radical (unpaired) electrons. The van der Waals surface area contributed by atoms with Crippen molar-refractivity contribution >= 4 is 46.4 Å². The standard InChI is InChI=1S/C8H14ClNOS.CH3NOS/c1-4-10(5-2)8(12)11-6-7(3)9;2-1(3)4/h3-6H2,1-2H3;(H3,2,3,4). The van der Waals surface area contributed by atoms with Gasteiger partial charge in [-0.25, -0.2) is 0 Å². The molecule has 0 fully saturated rings. The number of halogens is 1. The Bertz CT molecular complexity index is 242. The smallest absolute Gasteiger partial charge is 0.259 e. The number of hydrogen-bond donors (Lipinski definition) is 2. The van der Waals surface area contributed by atoms with Gasteiger partial charge in [0.2, 0.25) is 0 Å². The third-order valence-corrected chi connectivity index (χ3v) is 1.86. The van der Waals surface area contributed by atoms with Gasteiger partial charge < -0.3 is 20.5 Å². The fourth-order valence-electron chi connectivity index (χ4n) is 0.713. The number of aliphatic hydroxyl groups is 1. The van der Waals surface area contributed by atoms with Gasteiger partial charge in [0, 0.05) is 18.1 Å². The normalized spacial score (nSPS) is 8.44. The zero-order valence-corrected chi connectivity index (χ0v) is 11.8. The lowest BCUT2D eigenvalue weighted by Gasteiger charge is -2.20. The lowest BCUT2D eigenvalue weighted by Crippen LogP contribution is -2.31. The zero-order valence-electron chi connectivity index (χ0n) is 9.40. The number of aliphatic hydroxyl groups excluding tert-OH is 1. The summed E-state index contributed by atoms with van der Waals surface area (Å²) in [6, 6.07) is 0. The van der Waals surface area contributed by atoms with E-state index in [4.69, 9.17) is 33.7 Å². The molecule has 0 heterocycles. The van der Waals surface area contributed by atoms with Crippen LogP contribution in [0.25, 0.3) is 0 Å². The summed E-state index contributed by atoms with van der Waals surface area (Å²) in [7, 11) is 0. The van der Waals surface area contributed by atoms with Crippen LogP contribution in [0.15, 0.2) is 11.6 Å². The first-order valence-corrected chi connectivity index (χ1v) is 5.77. The lowest BCUT2D eigenvalue weighted by molar-refractivity contribution is 0.276. The summed E-state index contributed by atoms with van der Waals surface area (Å²) in [5, 5.41) is 8.02. The summed E-state index contributed by atoms with van der Waals surface area (Å²) < 4.78 is 5.17. The van der Waals surface area contributed by atoms with Gasteiger partial charge in [0.1, 0.15) is 6.61 Å². The van der Waals surface area contributed by atoms with Crippen LogP contribution >= 0.6 is 36.0 Å². The summed E-state index contributed by atoms with van der Waals surface area (Å²) in [6.45, 7) is 9.54. The van der Waals surface area contributed by atoms with E-state index in [2.05, 4.69) is 24.5 Å². The quantitative estimate of drug-likeness (QED) is 0.772. The van der Waals surface area contributed by atoms with E-state index in [-0.39, 0.29) is 6.61 Å². The van der Waals surface area contributed by atoms with E-state index in [0.717, 1.165) is 13.1 Å². The molecule has 0 saturated heterocycles. The van der Waals surface area contributed by atoms with Gasteiger partial charge in [0.15, 0.2) is 0 Å². The van der Waals surface area contributed by atoms with Crippen molar-refractivity contribution in [1.82, 2.24) is 4.90 Å². The summed E-state index contributed by atoms with van der Waals surface area (Å²) >= 11 is 14.4. The molecule has 0 aliphatic rings. The molecule has 0 aliphatic heterocycles. The van der Waals surface area contributed by atoms with E-state index >= 15 is 0 Å². The Labute approximate surface area is 112 Å². The van der Waals surface area contributed by atoms with Gasteiger partial charge in [0.25, 0.3) is 10.3 Å². The molecule has 7 heteroatoms. The van der Waals surface area contributed by atoms with Gasteiger partial charge in [-0.05, 0) is 38.3 Å². The van der Waals surface area contributed by atoms with Gasteiger partial charge in [0.05, 0.1) is 0 Å². The van der Waals surface area contributed by atoms with Gasteiger partial charge in [-0.15, -0.1) is 0 Å². The van der Waals surface area contributed by atoms with Crippen LogP contribution in [0, 0.1) is 0 Å². The van der Waals surface area contributed by atoms with E-state index < -0.39 is 5.17 Å². The minimum atomic E-state index is -0.500. The highest BCUT2D eigenvalue weighted by Crippen LogP contribution is 2.00. The van der Waals surface area contributed by atoms with Crippen LogP contribution in [0.2, 0.25) is 0 Å². The molecule has 0 aliphatic carbocycles. The maximum Gasteiger partial charge on any atom is 0.259 e. The Morgan fingerprint density at radius 1 is 1.44 bits per heavy atom. The minimum absolute atomic E-state index is 0.289. The number of nitrogens with zero attached hydrogens (tertiary/aromatic N) is 1. The van der Waals surface area contributed by atoms with Gasteiger partial charge >= 0.3 is 0 Å². The van der Waals surface area contributed by atoms with Crippen LogP contribution in [-0.2, 0) is 4.74 Å². The molecular weight excluding hydrogens is 268 g/mol. The predicted octanol–water partition coefficient (Wildman–Crippen LogP) is 2.17. The second kappa shape index (κ2) is 10.9. The maximum atomic E-state index is 7.56. The molecular formula is C9H17ClN2O2S2. The molecule has 0 bridgehead atoms. The van der Waals surface area contributed by atoms with Crippen LogP contribution in [0.5, 0.6) is 0 Å². The predicted molar refractivity (Wildman–Crippen MR) is 75.9 cm³/mol. The zero-order chi connectivity index (χ0) is 13.1. The Balaban J connectivity index is 0. The van der Waals surface area contributed by atoms with Gasteiger partial charge in [-0.3, -0.25) is 0 Å². The van der Waals surface area contributed by atoms with Crippen molar-refractivity contribution in [1.29, 1.82) is 0 Å². The first kappa shape index (κ1) is 17.8. The average molecular weight is 285 g/mol. The van der Waals surface area contributed by atoms with Crippen LogP contribution in [0.3, 0.4) is 0 Å². The molecule has 0 aromatic heterocycles. The van der Waals surface area contributed by atoms with E-state index in [1.807, 2.05) is 18.7 Å². The van der Waals surface area contributed by atoms with Gasteiger partial charge in [-0.2, -0.15) is 0 Å². The molecule has 0 spiro atoms. The fourth-order valence-corrected chi connectivity index (χ4v) is 1.08. The molecule has 0 rings (SSSR count). The number of nitrogens with two attached hydrogens (primary N) is 1. The van der Waals surface area contributed by atoms with Crippen molar-refractivity contribution in [3.05, 3.63) is 11.6 Å². The van der Waals surface area contributed by atoms with E-state index in [0.29, 0.717) is 10.2 Å². The third kappa shape index (κ3) is 13.4. The molecule has 0 amide bonds. The molecule has 94 valence electrons. The highest BCUT2D eigenvalue weighted by Gasteiger charge is 2.05. The minimum Gasteiger partial charge on any atom is -0.487 e. The number of thiocarbonyl (C=S) groups is 2. The van der Waals surface area contributed by atoms with E-state index in [1.54, 1.807) is 0 Å². The summed E-state index contributed by atoms with van der Waals surface area (Å²) in [4.78, 5) is 1.94. The molecule has 3 N–H and O–H groups in total. The highest BCUT2D eigenvalue weighted by molar-refractivity contribution is 7.80. The molecule has 16 heavy (non-hydrogen) atoms. The highest BCUT2D eigenvalue weighted by atomic mass is 35.5. The number of rotatable bonds is 4. The monoisotopic (exact) mass is 284 g/mol. The molecule has 0 aromatic rings. The average Bonchev–Trinajstić information content (AvgIpc) is 2.15. The summed E-state index contributed by atoms with van der Waals surface area (Å²) in [5.41, 5.74) is 4.40. The first-order chi connectivity index (χ1) is 7.34. The van der Waals surface area contributed by atoms with Crippen molar-refractivity contribution in [2.45, 2.75) is 13.8 Å². The third-order valence-electron chi connectivity index (χ3n) is 1.37. The van der Waals surface area contributed by atoms with Crippen molar-refractivity contribution in [3.63, 3.8) is 0 Å². The number of hydrogen-bond acceptors (Lipinski definition) is 3. The van der Waals surface area contributed by atoms with Crippen molar-refractivity contribution in [3.8, 4) is 0 Å². The fraction of sp³-hybridized carbons (Fsp3) is 0.556. The molecule has 0 atom stereocenters. The van der Waals surface area contributed by atoms with Crippen LogP contribution in [0.4, 0.5) is 0 Å². The summed E-state index contributed by atoms with van der Waals surface area (Å²) in [5.74, 6) is 0.